The minimum atomic E-state index is -0.973. The number of anilines is 1. The van der Waals surface area contributed by atoms with E-state index in [0.717, 1.165) is 0 Å². The summed E-state index contributed by atoms with van der Waals surface area (Å²) in [5, 5.41) is 10.8. The number of ether oxygens (including phenoxy) is 2. The molecule has 148 valence electrons. The Kier molecular flexibility index (Phi) is 5.44. The van der Waals surface area contributed by atoms with Crippen molar-refractivity contribution in [2.24, 2.45) is 5.92 Å². The zero-order chi connectivity index (χ0) is 19.7. The highest BCUT2D eigenvalue weighted by Crippen LogP contribution is 2.37. The first-order valence-corrected chi connectivity index (χ1v) is 8.62. The lowest BCUT2D eigenvalue weighted by molar-refractivity contribution is -0.132. The summed E-state index contributed by atoms with van der Waals surface area (Å²) in [6.45, 7) is 2.70. The molecule has 0 bridgehead atoms. The number of carbonyl (C=O) groups excluding carboxylic acids is 1. The maximum atomic E-state index is 12.4. The monoisotopic (exact) mass is 380 g/mol. The highest BCUT2D eigenvalue weighted by Gasteiger charge is 2.44. The SMILES string of the molecule is COCCN(C)C(=O)C[C@@H]1[C@@H](C)OC(n2cnc3c(=O)[nH]c(N)nc32)[C@@H]1O. The van der Waals surface area contributed by atoms with Crippen LogP contribution in [0.25, 0.3) is 11.2 Å². The van der Waals surface area contributed by atoms with E-state index in [1.165, 1.54) is 10.9 Å². The largest absolute Gasteiger partial charge is 0.388 e. The molecule has 1 saturated heterocycles. The van der Waals surface area contributed by atoms with E-state index in [-0.39, 0.29) is 35.5 Å². The van der Waals surface area contributed by atoms with Crippen LogP contribution in [0.1, 0.15) is 19.6 Å². The number of H-pyrrole nitrogens is 1. The highest BCUT2D eigenvalue weighted by atomic mass is 16.5. The second kappa shape index (κ2) is 7.62. The molecule has 1 fully saturated rings. The predicted molar refractivity (Wildman–Crippen MR) is 95.8 cm³/mol. The molecule has 1 amide bonds. The van der Waals surface area contributed by atoms with Gasteiger partial charge in [-0.05, 0) is 6.92 Å². The maximum Gasteiger partial charge on any atom is 0.280 e. The Morgan fingerprint density at radius 1 is 1.56 bits per heavy atom. The molecule has 27 heavy (non-hydrogen) atoms. The van der Waals surface area contributed by atoms with Gasteiger partial charge in [0.2, 0.25) is 11.9 Å². The second-order valence-corrected chi connectivity index (χ2v) is 6.67. The first-order valence-electron chi connectivity index (χ1n) is 8.62. The van der Waals surface area contributed by atoms with Gasteiger partial charge in [0.05, 0.1) is 19.0 Å². The Morgan fingerprint density at radius 2 is 2.30 bits per heavy atom. The number of hydrogen-bond acceptors (Lipinski definition) is 8. The quantitative estimate of drug-likeness (QED) is 0.583. The molecular formula is C16H24N6O5. The minimum Gasteiger partial charge on any atom is -0.388 e. The fourth-order valence-electron chi connectivity index (χ4n) is 3.25. The van der Waals surface area contributed by atoms with Gasteiger partial charge in [0.25, 0.3) is 5.56 Å². The van der Waals surface area contributed by atoms with Gasteiger partial charge >= 0.3 is 0 Å². The van der Waals surface area contributed by atoms with Gasteiger partial charge < -0.3 is 25.2 Å². The number of aliphatic hydroxyl groups is 1. The summed E-state index contributed by atoms with van der Waals surface area (Å²) >= 11 is 0. The zero-order valence-electron chi connectivity index (χ0n) is 15.5. The van der Waals surface area contributed by atoms with Gasteiger partial charge in [-0.3, -0.25) is 19.1 Å². The van der Waals surface area contributed by atoms with Gasteiger partial charge in [0.1, 0.15) is 6.10 Å². The fourth-order valence-corrected chi connectivity index (χ4v) is 3.25. The smallest absolute Gasteiger partial charge is 0.280 e. The molecule has 4 N–H and O–H groups in total. The molecule has 0 saturated carbocycles. The number of nitrogens with two attached hydrogens (primary N) is 1. The van der Waals surface area contributed by atoms with E-state index in [4.69, 9.17) is 15.2 Å². The summed E-state index contributed by atoms with van der Waals surface area (Å²) in [5.41, 5.74) is 5.46. The zero-order valence-corrected chi connectivity index (χ0v) is 15.5. The number of likely N-dealkylation sites (N-methyl/N-ethyl adjacent to an activating group) is 1. The van der Waals surface area contributed by atoms with Crippen LogP contribution in [0.5, 0.6) is 0 Å². The third-order valence-electron chi connectivity index (χ3n) is 4.88. The molecule has 3 rings (SSSR count). The normalized spacial score (nSPS) is 25.2. The molecule has 0 radical (unpaired) electrons. The first-order chi connectivity index (χ1) is 12.8. The van der Waals surface area contributed by atoms with Crippen LogP contribution in [0.3, 0.4) is 0 Å². The second-order valence-electron chi connectivity index (χ2n) is 6.67. The maximum absolute atomic E-state index is 12.4. The number of hydrogen-bond donors (Lipinski definition) is 3. The number of rotatable bonds is 6. The van der Waals surface area contributed by atoms with E-state index >= 15 is 0 Å². The van der Waals surface area contributed by atoms with Crippen molar-refractivity contribution in [3.63, 3.8) is 0 Å². The number of aromatic nitrogens is 4. The molecule has 1 unspecified atom stereocenters. The number of amides is 1. The molecule has 3 heterocycles. The Hall–Kier alpha value is -2.50. The number of aliphatic hydroxyl groups excluding tert-OH is 1. The van der Waals surface area contributed by atoms with E-state index in [9.17, 15) is 14.7 Å². The lowest BCUT2D eigenvalue weighted by atomic mass is 9.94. The number of aromatic amines is 1. The molecular weight excluding hydrogens is 356 g/mol. The van der Waals surface area contributed by atoms with Gasteiger partial charge in [-0.15, -0.1) is 0 Å². The standard InChI is InChI=1S/C16H24N6O5/c1-8-9(6-10(23)21(2)4-5-26-3)12(24)15(27-8)22-7-18-11-13(22)19-16(17)20-14(11)25/h7-9,12,15,24H,4-6H2,1-3H3,(H3,17,19,20,25)/t8-,9-,12-,15?/m1/s1. The van der Waals surface area contributed by atoms with Crippen LogP contribution < -0.4 is 11.3 Å². The molecule has 2 aromatic heterocycles. The third kappa shape index (κ3) is 3.66. The van der Waals surface area contributed by atoms with E-state index < -0.39 is 23.8 Å². The van der Waals surface area contributed by atoms with Crippen LogP contribution >= 0.6 is 0 Å². The first kappa shape index (κ1) is 19.3. The summed E-state index contributed by atoms with van der Waals surface area (Å²) in [4.78, 5) is 36.4. The molecule has 1 aliphatic rings. The van der Waals surface area contributed by atoms with Gasteiger partial charge in [-0.2, -0.15) is 4.98 Å². The topological polar surface area (TPSA) is 149 Å². The minimum absolute atomic E-state index is 0.0544. The summed E-state index contributed by atoms with van der Waals surface area (Å²) in [6, 6.07) is 0. The summed E-state index contributed by atoms with van der Waals surface area (Å²) < 4.78 is 12.3. The van der Waals surface area contributed by atoms with Crippen molar-refractivity contribution in [1.29, 1.82) is 0 Å². The number of imidazole rings is 1. The molecule has 0 spiro atoms. The van der Waals surface area contributed by atoms with Crippen molar-refractivity contribution in [2.75, 3.05) is 33.0 Å². The Labute approximate surface area is 155 Å². The van der Waals surface area contributed by atoms with Crippen molar-refractivity contribution in [2.45, 2.75) is 31.8 Å². The molecule has 1 aliphatic heterocycles. The molecule has 11 nitrogen and oxygen atoms in total. The summed E-state index contributed by atoms with van der Waals surface area (Å²) in [5.74, 6) is -0.577. The van der Waals surface area contributed by atoms with E-state index in [2.05, 4.69) is 15.0 Å². The van der Waals surface area contributed by atoms with Crippen LogP contribution in [0.2, 0.25) is 0 Å². The average molecular weight is 380 g/mol. The Balaban J connectivity index is 1.80. The van der Waals surface area contributed by atoms with E-state index in [1.807, 2.05) is 0 Å². The van der Waals surface area contributed by atoms with Crippen molar-refractivity contribution in [3.05, 3.63) is 16.7 Å². The van der Waals surface area contributed by atoms with Crippen molar-refractivity contribution in [3.8, 4) is 0 Å². The van der Waals surface area contributed by atoms with E-state index in [0.29, 0.717) is 13.2 Å². The van der Waals surface area contributed by atoms with Gasteiger partial charge in [-0.25, -0.2) is 4.98 Å². The van der Waals surface area contributed by atoms with Crippen LogP contribution in [0.4, 0.5) is 5.95 Å². The summed E-state index contributed by atoms with van der Waals surface area (Å²) in [7, 11) is 3.26. The third-order valence-corrected chi connectivity index (χ3v) is 4.88. The Bertz CT molecular complexity index is 880. The highest BCUT2D eigenvalue weighted by molar-refractivity contribution is 5.76. The number of fused-ring (bicyclic) bond motifs is 1. The van der Waals surface area contributed by atoms with Crippen molar-refractivity contribution < 1.29 is 19.4 Å². The number of nitrogens with one attached hydrogen (secondary N) is 1. The average Bonchev–Trinajstić information content (AvgIpc) is 3.15. The van der Waals surface area contributed by atoms with Crippen LogP contribution in [0.15, 0.2) is 11.1 Å². The lowest BCUT2D eigenvalue weighted by Crippen LogP contribution is -2.35. The van der Waals surface area contributed by atoms with Crippen molar-refractivity contribution in [1.82, 2.24) is 24.4 Å². The van der Waals surface area contributed by atoms with Crippen molar-refractivity contribution >= 4 is 23.0 Å². The number of nitrogen functional groups attached to an aromatic ring is 1. The van der Waals surface area contributed by atoms with Gasteiger partial charge in [0, 0.05) is 33.0 Å². The number of methoxy groups -OCH3 is 1. The van der Waals surface area contributed by atoms with Crippen LogP contribution in [-0.4, -0.2) is 74.9 Å². The molecule has 2 aromatic rings. The number of nitrogens with zero attached hydrogens (tertiary/aromatic N) is 4. The molecule has 4 atom stereocenters. The van der Waals surface area contributed by atoms with Gasteiger partial charge in [-0.1, -0.05) is 0 Å². The van der Waals surface area contributed by atoms with Crippen LogP contribution in [-0.2, 0) is 14.3 Å². The summed E-state index contributed by atoms with van der Waals surface area (Å²) in [6.07, 6.45) is -0.661. The van der Waals surface area contributed by atoms with Crippen LogP contribution in [0, 0.1) is 5.92 Å². The molecule has 0 aliphatic carbocycles. The molecule has 0 aromatic carbocycles. The van der Waals surface area contributed by atoms with Gasteiger partial charge in [0.15, 0.2) is 17.4 Å². The Morgan fingerprint density at radius 3 is 3.00 bits per heavy atom. The molecule has 11 heteroatoms. The number of carbonyl (C=O) groups is 1. The van der Waals surface area contributed by atoms with E-state index in [1.54, 1.807) is 26.0 Å². The fraction of sp³-hybridized carbons (Fsp3) is 0.625. The predicted octanol–water partition coefficient (Wildman–Crippen LogP) is -0.909. The lowest BCUT2D eigenvalue weighted by Gasteiger charge is -2.22.